The summed E-state index contributed by atoms with van der Waals surface area (Å²) in [6.45, 7) is 8.68. The molecule has 1 aromatic carbocycles. The zero-order valence-electron chi connectivity index (χ0n) is 10.8. The van der Waals surface area contributed by atoms with Crippen molar-refractivity contribution in [2.24, 2.45) is 0 Å². The Balaban J connectivity index is 2.46. The number of hydrogen-bond acceptors (Lipinski definition) is 2. The van der Waals surface area contributed by atoms with Gasteiger partial charge in [-0.2, -0.15) is 0 Å². The molecular weight excluding hydrogens is 198 g/mol. The zero-order chi connectivity index (χ0) is 11.9. The molecule has 1 aromatic rings. The van der Waals surface area contributed by atoms with Crippen LogP contribution in [-0.2, 0) is 0 Å². The summed E-state index contributed by atoms with van der Waals surface area (Å²) in [5, 5.41) is 3.54. The van der Waals surface area contributed by atoms with Gasteiger partial charge in [-0.25, -0.2) is 0 Å². The quantitative estimate of drug-likeness (QED) is 0.825. The number of hydrogen-bond donors (Lipinski definition) is 1. The Morgan fingerprint density at radius 2 is 1.88 bits per heavy atom. The molecule has 1 aliphatic rings. The summed E-state index contributed by atoms with van der Waals surface area (Å²) in [5.41, 5.74) is 5.27. The summed E-state index contributed by atoms with van der Waals surface area (Å²) < 4.78 is 5.59. The molecule has 1 aliphatic heterocycles. The monoisotopic (exact) mass is 219 g/mol. The van der Waals surface area contributed by atoms with Crippen molar-refractivity contribution in [3.8, 4) is 5.75 Å². The number of aryl methyl sites for hydroxylation is 2. The van der Waals surface area contributed by atoms with Crippen LogP contribution >= 0.6 is 0 Å². The third-order valence-electron chi connectivity index (χ3n) is 3.66. The van der Waals surface area contributed by atoms with E-state index in [1.165, 1.54) is 28.7 Å². The van der Waals surface area contributed by atoms with E-state index in [2.05, 4.69) is 39.1 Å². The third kappa shape index (κ3) is 1.71. The standard InChI is InChI=1S/C14H21NO/c1-8-6-9(2)13(12-7-10(3)15-12)14(16-5)11(8)4/h6,10,12,15H,7H2,1-5H3. The van der Waals surface area contributed by atoms with Crippen LogP contribution in [-0.4, -0.2) is 13.2 Å². The largest absolute Gasteiger partial charge is 0.496 e. The van der Waals surface area contributed by atoms with Gasteiger partial charge in [0.1, 0.15) is 5.75 Å². The molecule has 2 unspecified atom stereocenters. The molecule has 0 aromatic heterocycles. The Labute approximate surface area is 98.0 Å². The highest BCUT2D eigenvalue weighted by molar-refractivity contribution is 5.51. The van der Waals surface area contributed by atoms with E-state index in [9.17, 15) is 0 Å². The molecule has 2 atom stereocenters. The van der Waals surface area contributed by atoms with Gasteiger partial charge < -0.3 is 10.1 Å². The summed E-state index contributed by atoms with van der Waals surface area (Å²) in [4.78, 5) is 0. The Morgan fingerprint density at radius 3 is 2.38 bits per heavy atom. The van der Waals surface area contributed by atoms with Crippen molar-refractivity contribution in [3.05, 3.63) is 28.3 Å². The Hall–Kier alpha value is -1.02. The maximum absolute atomic E-state index is 5.59. The number of methoxy groups -OCH3 is 1. The van der Waals surface area contributed by atoms with Gasteiger partial charge in [0.2, 0.25) is 0 Å². The van der Waals surface area contributed by atoms with E-state index in [0.717, 1.165) is 5.75 Å². The van der Waals surface area contributed by atoms with Crippen LogP contribution < -0.4 is 10.1 Å². The third-order valence-corrected chi connectivity index (χ3v) is 3.66. The second kappa shape index (κ2) is 4.10. The second-order valence-corrected chi connectivity index (χ2v) is 4.94. The lowest BCUT2D eigenvalue weighted by Crippen LogP contribution is -2.44. The van der Waals surface area contributed by atoms with Crippen LogP contribution in [0.4, 0.5) is 0 Å². The Kier molecular flexibility index (Phi) is 2.94. The molecule has 2 nitrogen and oxygen atoms in total. The molecule has 0 spiro atoms. The first-order valence-electron chi connectivity index (χ1n) is 5.95. The van der Waals surface area contributed by atoms with Crippen LogP contribution in [0.3, 0.4) is 0 Å². The van der Waals surface area contributed by atoms with Crippen LogP contribution in [0, 0.1) is 20.8 Å². The Bertz CT molecular complexity index is 406. The first-order chi connectivity index (χ1) is 7.54. The van der Waals surface area contributed by atoms with E-state index < -0.39 is 0 Å². The maximum Gasteiger partial charge on any atom is 0.127 e. The smallest absolute Gasteiger partial charge is 0.127 e. The summed E-state index contributed by atoms with van der Waals surface area (Å²) in [5.74, 6) is 1.07. The minimum Gasteiger partial charge on any atom is -0.496 e. The van der Waals surface area contributed by atoms with Crippen molar-refractivity contribution in [3.63, 3.8) is 0 Å². The topological polar surface area (TPSA) is 21.3 Å². The minimum absolute atomic E-state index is 0.476. The van der Waals surface area contributed by atoms with Gasteiger partial charge in [-0.3, -0.25) is 0 Å². The summed E-state index contributed by atoms with van der Waals surface area (Å²) >= 11 is 0. The van der Waals surface area contributed by atoms with E-state index in [1.54, 1.807) is 7.11 Å². The molecule has 1 N–H and O–H groups in total. The number of nitrogens with one attached hydrogen (secondary N) is 1. The lowest BCUT2D eigenvalue weighted by atomic mass is 9.86. The summed E-state index contributed by atoms with van der Waals surface area (Å²) in [6, 6.07) is 3.37. The average molecular weight is 219 g/mol. The molecular formula is C14H21NO. The summed E-state index contributed by atoms with van der Waals surface area (Å²) in [6.07, 6.45) is 1.21. The highest BCUT2D eigenvalue weighted by Crippen LogP contribution is 2.39. The van der Waals surface area contributed by atoms with Gasteiger partial charge >= 0.3 is 0 Å². The lowest BCUT2D eigenvalue weighted by molar-refractivity contribution is 0.277. The van der Waals surface area contributed by atoms with Gasteiger partial charge in [0.25, 0.3) is 0 Å². The molecule has 0 radical (unpaired) electrons. The van der Waals surface area contributed by atoms with E-state index in [4.69, 9.17) is 4.74 Å². The van der Waals surface area contributed by atoms with Crippen molar-refractivity contribution >= 4 is 0 Å². The minimum atomic E-state index is 0.476. The van der Waals surface area contributed by atoms with Crippen LogP contribution in [0.1, 0.15) is 41.6 Å². The average Bonchev–Trinajstić information content (AvgIpc) is 2.19. The molecule has 1 fully saturated rings. The van der Waals surface area contributed by atoms with Gasteiger partial charge in [0, 0.05) is 17.6 Å². The second-order valence-electron chi connectivity index (χ2n) is 4.94. The van der Waals surface area contributed by atoms with Crippen LogP contribution in [0.5, 0.6) is 5.75 Å². The van der Waals surface area contributed by atoms with E-state index in [0.29, 0.717) is 12.1 Å². The van der Waals surface area contributed by atoms with Gasteiger partial charge in [0.15, 0.2) is 0 Å². The number of benzene rings is 1. The van der Waals surface area contributed by atoms with E-state index in [1.807, 2.05) is 0 Å². The normalized spacial score (nSPS) is 24.1. The molecule has 0 amide bonds. The number of ether oxygens (including phenoxy) is 1. The van der Waals surface area contributed by atoms with Crippen LogP contribution in [0.15, 0.2) is 6.07 Å². The predicted octanol–water partition coefficient (Wildman–Crippen LogP) is 3.04. The predicted molar refractivity (Wildman–Crippen MR) is 67.2 cm³/mol. The van der Waals surface area contributed by atoms with Crippen molar-refractivity contribution in [2.75, 3.05) is 7.11 Å². The van der Waals surface area contributed by atoms with Gasteiger partial charge in [0.05, 0.1) is 7.11 Å². The Morgan fingerprint density at radius 1 is 1.25 bits per heavy atom. The molecule has 1 heterocycles. The van der Waals surface area contributed by atoms with Gasteiger partial charge in [-0.15, -0.1) is 0 Å². The molecule has 0 aliphatic carbocycles. The van der Waals surface area contributed by atoms with Crippen molar-refractivity contribution in [2.45, 2.75) is 46.2 Å². The number of rotatable bonds is 2. The molecule has 1 saturated heterocycles. The van der Waals surface area contributed by atoms with Crippen molar-refractivity contribution < 1.29 is 4.74 Å². The fourth-order valence-corrected chi connectivity index (χ4v) is 2.64. The summed E-state index contributed by atoms with van der Waals surface area (Å²) in [7, 11) is 1.77. The van der Waals surface area contributed by atoms with Crippen molar-refractivity contribution in [1.82, 2.24) is 5.32 Å². The molecule has 0 saturated carbocycles. The first-order valence-corrected chi connectivity index (χ1v) is 5.95. The van der Waals surface area contributed by atoms with Gasteiger partial charge in [-0.1, -0.05) is 6.07 Å². The zero-order valence-corrected chi connectivity index (χ0v) is 10.8. The molecule has 2 rings (SSSR count). The van der Waals surface area contributed by atoms with Crippen LogP contribution in [0.2, 0.25) is 0 Å². The fourth-order valence-electron chi connectivity index (χ4n) is 2.64. The van der Waals surface area contributed by atoms with Crippen molar-refractivity contribution in [1.29, 1.82) is 0 Å². The van der Waals surface area contributed by atoms with E-state index in [-0.39, 0.29) is 0 Å². The molecule has 0 bridgehead atoms. The molecule has 2 heteroatoms. The highest BCUT2D eigenvalue weighted by Gasteiger charge is 2.30. The fraction of sp³-hybridized carbons (Fsp3) is 0.571. The van der Waals surface area contributed by atoms with Crippen LogP contribution in [0.25, 0.3) is 0 Å². The lowest BCUT2D eigenvalue weighted by Gasteiger charge is -2.37. The SMILES string of the molecule is COc1c(C)c(C)cc(C)c1C1CC(C)N1. The molecule has 88 valence electrons. The van der Waals surface area contributed by atoms with Gasteiger partial charge in [-0.05, 0) is 50.8 Å². The maximum atomic E-state index is 5.59. The van der Waals surface area contributed by atoms with E-state index >= 15 is 0 Å². The first kappa shape index (κ1) is 11.5. The highest BCUT2D eigenvalue weighted by atomic mass is 16.5. The molecule has 16 heavy (non-hydrogen) atoms.